The van der Waals surface area contributed by atoms with Crippen LogP contribution in [0.5, 0.6) is 0 Å². The summed E-state index contributed by atoms with van der Waals surface area (Å²) in [6.45, 7) is 5.62. The van der Waals surface area contributed by atoms with Gasteiger partial charge >= 0.3 is 0 Å². The molecule has 0 saturated carbocycles. The number of hydrogen-bond acceptors (Lipinski definition) is 4. The Hall–Kier alpha value is -0.430. The number of aliphatic hydroxyl groups excluding tert-OH is 1. The highest BCUT2D eigenvalue weighted by Crippen LogP contribution is 2.23. The van der Waals surface area contributed by atoms with Crippen molar-refractivity contribution in [1.82, 2.24) is 9.80 Å². The van der Waals surface area contributed by atoms with E-state index in [2.05, 4.69) is 15.9 Å². The number of thiophene rings is 1. The van der Waals surface area contributed by atoms with Gasteiger partial charge in [-0.3, -0.25) is 9.69 Å². The summed E-state index contributed by atoms with van der Waals surface area (Å²) in [6.07, 6.45) is 0. The number of nitrogens with zero attached hydrogens (tertiary/aromatic N) is 2. The smallest absolute Gasteiger partial charge is 0.237 e. The molecule has 1 amide bonds. The van der Waals surface area contributed by atoms with Crippen LogP contribution in [0.2, 0.25) is 0 Å². The minimum Gasteiger partial charge on any atom is -0.395 e. The maximum absolute atomic E-state index is 12.2. The first kappa shape index (κ1) is 16.6. The monoisotopic (exact) mass is 348 g/mol. The fourth-order valence-corrected chi connectivity index (χ4v) is 3.11. The maximum Gasteiger partial charge on any atom is 0.237 e. The molecule has 0 fully saturated rings. The van der Waals surface area contributed by atoms with Gasteiger partial charge in [0.15, 0.2) is 0 Å². The maximum atomic E-state index is 12.2. The van der Waals surface area contributed by atoms with Crippen molar-refractivity contribution in [2.24, 2.45) is 0 Å². The molecule has 4 nitrogen and oxygen atoms in total. The lowest BCUT2D eigenvalue weighted by molar-refractivity contribution is -0.133. The average molecular weight is 349 g/mol. The summed E-state index contributed by atoms with van der Waals surface area (Å²) in [6, 6.07) is 4.03. The van der Waals surface area contributed by atoms with E-state index in [0.717, 1.165) is 3.79 Å². The van der Waals surface area contributed by atoms with Gasteiger partial charge in [0.1, 0.15) is 0 Å². The largest absolute Gasteiger partial charge is 0.395 e. The van der Waals surface area contributed by atoms with Crippen molar-refractivity contribution in [3.63, 3.8) is 0 Å². The van der Waals surface area contributed by atoms with Gasteiger partial charge in [0.25, 0.3) is 0 Å². The lowest BCUT2D eigenvalue weighted by Crippen LogP contribution is -2.42. The fraction of sp³-hybridized carbons (Fsp3) is 0.615. The Morgan fingerprint density at radius 2 is 2.21 bits per heavy atom. The molecule has 1 N–H and O–H groups in total. The Bertz CT molecular complexity index is 411. The fourth-order valence-electron chi connectivity index (χ4n) is 1.61. The molecule has 1 rings (SSSR count). The zero-order valence-corrected chi connectivity index (χ0v) is 14.0. The average Bonchev–Trinajstić information content (AvgIpc) is 2.80. The second-order valence-electron chi connectivity index (χ2n) is 4.56. The van der Waals surface area contributed by atoms with Crippen LogP contribution < -0.4 is 0 Å². The van der Waals surface area contributed by atoms with E-state index in [9.17, 15) is 4.79 Å². The number of hydrogen-bond donors (Lipinski definition) is 1. The second kappa shape index (κ2) is 7.99. The molecular weight excluding hydrogens is 328 g/mol. The molecule has 1 unspecified atom stereocenters. The van der Waals surface area contributed by atoms with E-state index in [1.807, 2.05) is 42.8 Å². The molecule has 0 aliphatic carbocycles. The highest BCUT2D eigenvalue weighted by molar-refractivity contribution is 9.11. The number of carbonyl (C=O) groups is 1. The molecule has 1 atom stereocenters. The molecule has 0 radical (unpaired) electrons. The molecule has 1 heterocycles. The Morgan fingerprint density at radius 3 is 2.68 bits per heavy atom. The SMILES string of the molecule is CCN(Cc1ccc(Br)s1)C(=O)CN(C)C(C)CO. The summed E-state index contributed by atoms with van der Waals surface area (Å²) in [5.74, 6) is 0.0924. The normalized spacial score (nSPS) is 12.7. The second-order valence-corrected chi connectivity index (χ2v) is 7.11. The van der Waals surface area contributed by atoms with Crippen molar-refractivity contribution in [2.75, 3.05) is 26.7 Å². The van der Waals surface area contributed by atoms with Crippen LogP contribution in [0.25, 0.3) is 0 Å². The first-order valence-corrected chi connectivity index (χ1v) is 7.92. The van der Waals surface area contributed by atoms with Gasteiger partial charge in [0.2, 0.25) is 5.91 Å². The summed E-state index contributed by atoms with van der Waals surface area (Å²) in [5, 5.41) is 9.08. The Balaban J connectivity index is 2.56. The Morgan fingerprint density at radius 1 is 1.53 bits per heavy atom. The van der Waals surface area contributed by atoms with Crippen LogP contribution in [0.4, 0.5) is 0 Å². The van der Waals surface area contributed by atoms with Crippen molar-refractivity contribution < 1.29 is 9.90 Å². The van der Waals surface area contributed by atoms with E-state index in [-0.39, 0.29) is 18.6 Å². The molecule has 0 aliphatic heterocycles. The van der Waals surface area contributed by atoms with Gasteiger partial charge in [-0.2, -0.15) is 0 Å². The Labute approximate surface area is 127 Å². The van der Waals surface area contributed by atoms with Gasteiger partial charge in [-0.15, -0.1) is 11.3 Å². The summed E-state index contributed by atoms with van der Waals surface area (Å²) in [4.78, 5) is 17.1. The van der Waals surface area contributed by atoms with Crippen molar-refractivity contribution in [3.8, 4) is 0 Å². The van der Waals surface area contributed by atoms with Gasteiger partial charge < -0.3 is 10.0 Å². The van der Waals surface area contributed by atoms with E-state index < -0.39 is 0 Å². The molecule has 6 heteroatoms. The van der Waals surface area contributed by atoms with Crippen molar-refractivity contribution in [1.29, 1.82) is 0 Å². The lowest BCUT2D eigenvalue weighted by atomic mass is 10.3. The van der Waals surface area contributed by atoms with E-state index in [0.29, 0.717) is 19.6 Å². The number of amides is 1. The number of aliphatic hydroxyl groups is 1. The van der Waals surface area contributed by atoms with Crippen molar-refractivity contribution in [2.45, 2.75) is 26.4 Å². The number of halogens is 1. The van der Waals surface area contributed by atoms with Crippen LogP contribution in [-0.2, 0) is 11.3 Å². The molecule has 0 aromatic carbocycles. The first-order valence-electron chi connectivity index (χ1n) is 6.31. The predicted molar refractivity (Wildman–Crippen MR) is 82.3 cm³/mol. The minimum atomic E-state index is -0.00135. The minimum absolute atomic E-state index is 0.00135. The molecule has 0 spiro atoms. The predicted octanol–water partition coefficient (Wildman–Crippen LogP) is 2.17. The molecule has 0 saturated heterocycles. The highest BCUT2D eigenvalue weighted by Gasteiger charge is 2.17. The standard InChI is InChI=1S/C13H21BrN2O2S/c1-4-16(7-11-5-6-12(14)19-11)13(18)8-15(3)10(2)9-17/h5-6,10,17H,4,7-9H2,1-3H3. The summed E-state index contributed by atoms with van der Waals surface area (Å²) in [5.41, 5.74) is 0. The van der Waals surface area contributed by atoms with E-state index in [1.165, 1.54) is 4.88 Å². The zero-order valence-electron chi connectivity index (χ0n) is 11.6. The molecule has 1 aromatic heterocycles. The van der Waals surface area contributed by atoms with E-state index in [1.54, 1.807) is 11.3 Å². The molecule has 19 heavy (non-hydrogen) atoms. The molecule has 0 bridgehead atoms. The third-order valence-electron chi connectivity index (χ3n) is 3.11. The van der Waals surface area contributed by atoms with Gasteiger partial charge in [-0.05, 0) is 49.0 Å². The van der Waals surface area contributed by atoms with Gasteiger partial charge in [0.05, 0.1) is 23.5 Å². The van der Waals surface area contributed by atoms with Crippen LogP contribution in [0.15, 0.2) is 15.9 Å². The van der Waals surface area contributed by atoms with Crippen LogP contribution in [0, 0.1) is 0 Å². The van der Waals surface area contributed by atoms with Crippen LogP contribution >= 0.6 is 27.3 Å². The summed E-state index contributed by atoms with van der Waals surface area (Å²) in [7, 11) is 1.86. The number of likely N-dealkylation sites (N-methyl/N-ethyl adjacent to an activating group) is 2. The van der Waals surface area contributed by atoms with Gasteiger partial charge in [-0.1, -0.05) is 0 Å². The molecule has 0 aliphatic rings. The summed E-state index contributed by atoms with van der Waals surface area (Å²) >= 11 is 5.08. The number of rotatable bonds is 7. The third-order valence-corrected chi connectivity index (χ3v) is 4.72. The van der Waals surface area contributed by atoms with Crippen molar-refractivity contribution >= 4 is 33.2 Å². The first-order chi connectivity index (χ1) is 8.97. The van der Waals surface area contributed by atoms with Crippen LogP contribution in [0.1, 0.15) is 18.7 Å². The van der Waals surface area contributed by atoms with E-state index >= 15 is 0 Å². The number of carbonyl (C=O) groups excluding carboxylic acids is 1. The molecule has 1 aromatic rings. The third kappa shape index (κ3) is 5.22. The lowest BCUT2D eigenvalue weighted by Gasteiger charge is -2.26. The quantitative estimate of drug-likeness (QED) is 0.821. The summed E-state index contributed by atoms with van der Waals surface area (Å²) < 4.78 is 1.08. The zero-order chi connectivity index (χ0) is 14.4. The Kier molecular flexibility index (Phi) is 6.99. The molecule has 108 valence electrons. The van der Waals surface area contributed by atoms with Gasteiger partial charge in [-0.25, -0.2) is 0 Å². The highest BCUT2D eigenvalue weighted by atomic mass is 79.9. The topological polar surface area (TPSA) is 43.8 Å². The van der Waals surface area contributed by atoms with Crippen LogP contribution in [-0.4, -0.2) is 53.6 Å². The van der Waals surface area contributed by atoms with Crippen LogP contribution in [0.3, 0.4) is 0 Å². The van der Waals surface area contributed by atoms with Gasteiger partial charge in [0, 0.05) is 17.5 Å². The molecular formula is C13H21BrN2O2S. The van der Waals surface area contributed by atoms with E-state index in [4.69, 9.17) is 5.11 Å². The van der Waals surface area contributed by atoms with Crippen molar-refractivity contribution in [3.05, 3.63) is 20.8 Å².